The molecule has 0 heterocycles. The molecule has 0 amide bonds. The van der Waals surface area contributed by atoms with Crippen molar-refractivity contribution in [2.24, 2.45) is 0 Å². The fourth-order valence-electron chi connectivity index (χ4n) is 1.22. The van der Waals surface area contributed by atoms with E-state index >= 15 is 0 Å². The number of halogens is 2. The molecule has 0 aliphatic rings. The number of rotatable bonds is 3. The van der Waals surface area contributed by atoms with Crippen molar-refractivity contribution in [1.82, 2.24) is 0 Å². The molecular weight excluding hydrogens is 277 g/mol. The van der Waals surface area contributed by atoms with Crippen LogP contribution in [0.1, 0.15) is 18.1 Å². The Hall–Kier alpha value is -0.540. The van der Waals surface area contributed by atoms with Gasteiger partial charge < -0.3 is 4.74 Å². The van der Waals surface area contributed by atoms with Gasteiger partial charge in [-0.2, -0.15) is 0 Å². The fraction of sp³-hybridized carbons (Fsp3) is 0.364. The number of nitrogens with one attached hydrogen (secondary N) is 1. The van der Waals surface area contributed by atoms with Crippen molar-refractivity contribution < 1.29 is 4.74 Å². The molecular formula is C11H13BrClNO. The van der Waals surface area contributed by atoms with Gasteiger partial charge in [0.15, 0.2) is 5.90 Å². The van der Waals surface area contributed by atoms with Crippen LogP contribution in [0.25, 0.3) is 0 Å². The molecule has 0 aliphatic heterocycles. The summed E-state index contributed by atoms with van der Waals surface area (Å²) in [6, 6.07) is 3.90. The van der Waals surface area contributed by atoms with Crippen molar-refractivity contribution in [2.75, 3.05) is 6.61 Å². The summed E-state index contributed by atoms with van der Waals surface area (Å²) in [5, 5.41) is 8.27. The second-order valence-corrected chi connectivity index (χ2v) is 4.37. The third-order valence-corrected chi connectivity index (χ3v) is 3.65. The first-order chi connectivity index (χ1) is 7.06. The predicted molar refractivity (Wildman–Crippen MR) is 66.9 cm³/mol. The summed E-state index contributed by atoms with van der Waals surface area (Å²) >= 11 is 9.51. The van der Waals surface area contributed by atoms with Gasteiger partial charge in [-0.25, -0.2) is 0 Å². The lowest BCUT2D eigenvalue weighted by atomic mass is 10.1. The van der Waals surface area contributed by atoms with E-state index in [1.165, 1.54) is 0 Å². The summed E-state index contributed by atoms with van der Waals surface area (Å²) < 4.78 is 5.95. The quantitative estimate of drug-likeness (QED) is 0.663. The van der Waals surface area contributed by atoms with Crippen molar-refractivity contribution in [3.05, 3.63) is 32.8 Å². The van der Waals surface area contributed by atoms with E-state index in [0.717, 1.165) is 15.6 Å². The van der Waals surface area contributed by atoms with E-state index in [9.17, 15) is 0 Å². The lowest BCUT2D eigenvalue weighted by Gasteiger charge is -2.09. The van der Waals surface area contributed by atoms with Crippen molar-refractivity contribution in [3.8, 4) is 0 Å². The Kier molecular flexibility index (Phi) is 4.61. The maximum atomic E-state index is 7.56. The van der Waals surface area contributed by atoms with Gasteiger partial charge in [-0.05, 0) is 40.9 Å². The number of hydrogen-bond donors (Lipinski definition) is 1. The summed E-state index contributed by atoms with van der Waals surface area (Å²) in [5.41, 5.74) is 2.00. The summed E-state index contributed by atoms with van der Waals surface area (Å²) in [6.07, 6.45) is 0.467. The van der Waals surface area contributed by atoms with E-state index in [2.05, 4.69) is 15.9 Å². The molecule has 0 saturated heterocycles. The molecule has 2 nitrogen and oxygen atoms in total. The van der Waals surface area contributed by atoms with Gasteiger partial charge >= 0.3 is 0 Å². The Bertz CT molecular complexity index is 379. The van der Waals surface area contributed by atoms with Gasteiger partial charge in [0.2, 0.25) is 0 Å². The zero-order valence-corrected chi connectivity index (χ0v) is 11.1. The minimum absolute atomic E-state index is 0.262. The molecule has 0 saturated carbocycles. The van der Waals surface area contributed by atoms with Crippen molar-refractivity contribution in [3.63, 3.8) is 0 Å². The first kappa shape index (κ1) is 12.5. The van der Waals surface area contributed by atoms with E-state index < -0.39 is 0 Å². The summed E-state index contributed by atoms with van der Waals surface area (Å²) in [6.45, 7) is 4.34. The van der Waals surface area contributed by atoms with Crippen LogP contribution in [0.3, 0.4) is 0 Å². The minimum atomic E-state index is 0.262. The van der Waals surface area contributed by atoms with Gasteiger partial charge in [0, 0.05) is 10.9 Å². The molecule has 1 aromatic rings. The summed E-state index contributed by atoms with van der Waals surface area (Å²) in [5.74, 6) is 0.262. The Labute approximate surface area is 103 Å². The lowest BCUT2D eigenvalue weighted by molar-refractivity contribution is 0.317. The maximum absolute atomic E-state index is 7.56. The molecule has 0 bridgehead atoms. The van der Waals surface area contributed by atoms with Gasteiger partial charge in [-0.15, -0.1) is 0 Å². The van der Waals surface area contributed by atoms with Gasteiger partial charge in [0.25, 0.3) is 0 Å². The first-order valence-electron chi connectivity index (χ1n) is 4.70. The Balaban J connectivity index is 2.87. The molecule has 0 spiro atoms. The largest absolute Gasteiger partial charge is 0.481 e. The average molecular weight is 291 g/mol. The standard InChI is InChI=1S/C11H13BrClNO/c1-3-15-9(14)6-8-5-4-7(2)11(13)10(8)12/h4-5,14H,3,6H2,1-2H3. The molecule has 0 atom stereocenters. The molecule has 0 aromatic heterocycles. The highest BCUT2D eigenvalue weighted by Gasteiger charge is 2.09. The van der Waals surface area contributed by atoms with Crippen LogP contribution in [0.4, 0.5) is 0 Å². The van der Waals surface area contributed by atoms with Crippen molar-refractivity contribution in [2.45, 2.75) is 20.3 Å². The maximum Gasteiger partial charge on any atom is 0.184 e. The van der Waals surface area contributed by atoms with Crippen LogP contribution in [-0.4, -0.2) is 12.5 Å². The molecule has 82 valence electrons. The first-order valence-corrected chi connectivity index (χ1v) is 5.87. The number of ether oxygens (including phenoxy) is 1. The molecule has 0 radical (unpaired) electrons. The molecule has 0 fully saturated rings. The van der Waals surface area contributed by atoms with Crippen LogP contribution < -0.4 is 0 Å². The zero-order valence-electron chi connectivity index (χ0n) is 8.73. The molecule has 4 heteroatoms. The monoisotopic (exact) mass is 289 g/mol. The van der Waals surface area contributed by atoms with Crippen LogP contribution in [-0.2, 0) is 11.2 Å². The second kappa shape index (κ2) is 5.52. The lowest BCUT2D eigenvalue weighted by Crippen LogP contribution is -2.07. The Morgan fingerprint density at radius 3 is 2.80 bits per heavy atom. The van der Waals surface area contributed by atoms with Gasteiger partial charge in [-0.1, -0.05) is 23.7 Å². The van der Waals surface area contributed by atoms with Crippen LogP contribution in [0.5, 0.6) is 0 Å². The second-order valence-electron chi connectivity index (χ2n) is 3.20. The highest BCUT2D eigenvalue weighted by molar-refractivity contribution is 9.10. The predicted octanol–water partition coefficient (Wildman–Crippen LogP) is 3.97. The Morgan fingerprint density at radius 1 is 1.53 bits per heavy atom. The van der Waals surface area contributed by atoms with Gasteiger partial charge in [-0.3, -0.25) is 5.41 Å². The van der Waals surface area contributed by atoms with Crippen LogP contribution in [0, 0.1) is 12.3 Å². The van der Waals surface area contributed by atoms with Crippen LogP contribution >= 0.6 is 27.5 Å². The van der Waals surface area contributed by atoms with Crippen molar-refractivity contribution in [1.29, 1.82) is 5.41 Å². The summed E-state index contributed by atoms with van der Waals surface area (Å²) in [7, 11) is 0. The SMILES string of the molecule is CCOC(=N)Cc1ccc(C)c(Cl)c1Br. The number of benzene rings is 1. The van der Waals surface area contributed by atoms with E-state index in [4.69, 9.17) is 21.7 Å². The summed E-state index contributed by atoms with van der Waals surface area (Å²) in [4.78, 5) is 0. The third-order valence-electron chi connectivity index (χ3n) is 2.02. The third kappa shape index (κ3) is 3.21. The van der Waals surface area contributed by atoms with Gasteiger partial charge in [0.05, 0.1) is 11.6 Å². The van der Waals surface area contributed by atoms with Gasteiger partial charge in [0.1, 0.15) is 0 Å². The Morgan fingerprint density at radius 2 is 2.20 bits per heavy atom. The number of aryl methyl sites for hydroxylation is 1. The molecule has 0 unspecified atom stereocenters. The van der Waals surface area contributed by atoms with Crippen molar-refractivity contribution >= 4 is 33.4 Å². The highest BCUT2D eigenvalue weighted by Crippen LogP contribution is 2.29. The molecule has 1 rings (SSSR count). The van der Waals surface area contributed by atoms with Crippen LogP contribution in [0.2, 0.25) is 5.02 Å². The number of hydrogen-bond acceptors (Lipinski definition) is 2. The smallest absolute Gasteiger partial charge is 0.184 e. The average Bonchev–Trinajstić information content (AvgIpc) is 2.20. The molecule has 1 aromatic carbocycles. The highest BCUT2D eigenvalue weighted by atomic mass is 79.9. The van der Waals surface area contributed by atoms with E-state index in [1.807, 2.05) is 26.0 Å². The van der Waals surface area contributed by atoms with Crippen LogP contribution in [0.15, 0.2) is 16.6 Å². The molecule has 15 heavy (non-hydrogen) atoms. The topological polar surface area (TPSA) is 33.1 Å². The molecule has 0 aliphatic carbocycles. The molecule has 1 N–H and O–H groups in total. The fourth-order valence-corrected chi connectivity index (χ4v) is 1.99. The van der Waals surface area contributed by atoms with E-state index in [1.54, 1.807) is 0 Å². The minimum Gasteiger partial charge on any atom is -0.481 e. The zero-order chi connectivity index (χ0) is 11.4. The van der Waals surface area contributed by atoms with E-state index in [-0.39, 0.29) is 5.90 Å². The normalized spacial score (nSPS) is 10.1. The van der Waals surface area contributed by atoms with E-state index in [0.29, 0.717) is 18.1 Å².